The van der Waals surface area contributed by atoms with E-state index in [0.717, 1.165) is 23.7 Å². The molecule has 0 amide bonds. The summed E-state index contributed by atoms with van der Waals surface area (Å²) in [6, 6.07) is 0. The Morgan fingerprint density at radius 1 is 1.04 bits per heavy atom. The highest BCUT2D eigenvalue weighted by Gasteiger charge is 2.62. The summed E-state index contributed by atoms with van der Waals surface area (Å²) in [6.45, 7) is 4.68. The summed E-state index contributed by atoms with van der Waals surface area (Å²) in [5.41, 5.74) is 0.547. The van der Waals surface area contributed by atoms with Crippen LogP contribution in [0.1, 0.15) is 71.6 Å². The molecule has 0 radical (unpaired) electrons. The number of hydrogen-bond donors (Lipinski definition) is 1. The van der Waals surface area contributed by atoms with Crippen molar-refractivity contribution in [3.8, 4) is 0 Å². The molecule has 4 aliphatic rings. The van der Waals surface area contributed by atoms with Gasteiger partial charge in [0.25, 0.3) is 0 Å². The van der Waals surface area contributed by atoms with Crippen molar-refractivity contribution in [2.24, 2.45) is 35.0 Å². The highest BCUT2D eigenvalue weighted by molar-refractivity contribution is 8.00. The lowest BCUT2D eigenvalue weighted by atomic mass is 9.46. The first-order valence-corrected chi connectivity index (χ1v) is 11.9. The molecule has 9 atom stereocenters. The van der Waals surface area contributed by atoms with Crippen LogP contribution in [0.3, 0.4) is 0 Å². The summed E-state index contributed by atoms with van der Waals surface area (Å²) in [5.74, 6) is 4.07. The summed E-state index contributed by atoms with van der Waals surface area (Å²) in [5, 5.41) is 10.5. The first-order chi connectivity index (χ1) is 12.0. The topological polar surface area (TPSA) is 29.5 Å². The second kappa shape index (κ2) is 6.71. The molecule has 4 rings (SSSR count). The van der Waals surface area contributed by atoms with Gasteiger partial charge in [-0.25, -0.2) is 0 Å². The smallest absolute Gasteiger partial charge is 0.0574 e. The standard InChI is InChI=1S/C22H38O2S/c1-14(23)18-7-8-20-17-6-5-15-13-16(24-3)9-11-21(15,2)19(17)10-12-22(18,20)25-4/h14-20,23H,5-13H2,1-4H3. The van der Waals surface area contributed by atoms with E-state index in [1.165, 1.54) is 57.8 Å². The van der Waals surface area contributed by atoms with Gasteiger partial charge in [-0.3, -0.25) is 0 Å². The molecule has 9 unspecified atom stereocenters. The van der Waals surface area contributed by atoms with Gasteiger partial charge >= 0.3 is 0 Å². The molecular formula is C22H38O2S. The summed E-state index contributed by atoms with van der Waals surface area (Å²) in [7, 11) is 1.90. The number of aliphatic hydroxyl groups excluding tert-OH is 1. The fourth-order valence-electron chi connectivity index (χ4n) is 8.14. The van der Waals surface area contributed by atoms with Gasteiger partial charge < -0.3 is 9.84 Å². The Bertz CT molecular complexity index is 494. The van der Waals surface area contributed by atoms with Gasteiger partial charge in [-0.05, 0) is 106 Å². The summed E-state index contributed by atoms with van der Waals surface area (Å²) >= 11 is 2.11. The van der Waals surface area contributed by atoms with Crippen molar-refractivity contribution in [3.05, 3.63) is 0 Å². The van der Waals surface area contributed by atoms with Gasteiger partial charge in [-0.15, -0.1) is 0 Å². The van der Waals surface area contributed by atoms with Crippen LogP contribution in [0, 0.1) is 35.0 Å². The SMILES string of the molecule is COC1CCC2(C)C(CCC3C2CCC2(SC)C(C(C)O)CCC32)C1. The average Bonchev–Trinajstić information content (AvgIpc) is 3.01. The van der Waals surface area contributed by atoms with Crippen LogP contribution in [0.5, 0.6) is 0 Å². The molecule has 4 saturated carbocycles. The number of hydrogen-bond acceptors (Lipinski definition) is 3. The van der Waals surface area contributed by atoms with Crippen LogP contribution < -0.4 is 0 Å². The molecule has 4 fully saturated rings. The zero-order valence-electron chi connectivity index (χ0n) is 16.7. The summed E-state index contributed by atoms with van der Waals surface area (Å²) in [6.07, 6.45) is 14.8. The molecule has 0 saturated heterocycles. The van der Waals surface area contributed by atoms with Gasteiger partial charge in [0.15, 0.2) is 0 Å². The van der Waals surface area contributed by atoms with Crippen molar-refractivity contribution in [1.29, 1.82) is 0 Å². The van der Waals surface area contributed by atoms with Crippen molar-refractivity contribution in [3.63, 3.8) is 0 Å². The second-order valence-corrected chi connectivity index (χ2v) is 11.1. The quantitative estimate of drug-likeness (QED) is 0.750. The molecule has 4 aliphatic carbocycles. The van der Waals surface area contributed by atoms with Crippen molar-refractivity contribution in [2.75, 3.05) is 13.4 Å². The number of rotatable bonds is 3. The minimum absolute atomic E-state index is 0.141. The fraction of sp³-hybridized carbons (Fsp3) is 1.00. The first-order valence-electron chi connectivity index (χ1n) is 10.7. The Balaban J connectivity index is 1.60. The molecule has 0 aromatic carbocycles. The molecule has 0 aromatic rings. The fourth-order valence-corrected chi connectivity index (χ4v) is 9.68. The van der Waals surface area contributed by atoms with Crippen LogP contribution >= 0.6 is 11.8 Å². The van der Waals surface area contributed by atoms with Crippen molar-refractivity contribution < 1.29 is 9.84 Å². The minimum atomic E-state index is -0.141. The monoisotopic (exact) mass is 366 g/mol. The number of methoxy groups -OCH3 is 1. The molecule has 144 valence electrons. The van der Waals surface area contributed by atoms with Crippen LogP contribution in [0.15, 0.2) is 0 Å². The summed E-state index contributed by atoms with van der Waals surface area (Å²) in [4.78, 5) is 0. The minimum Gasteiger partial charge on any atom is -0.393 e. The Hall–Kier alpha value is 0.270. The Labute approximate surface area is 158 Å². The van der Waals surface area contributed by atoms with Gasteiger partial charge in [-0.1, -0.05) is 6.92 Å². The lowest BCUT2D eigenvalue weighted by Crippen LogP contribution is -2.56. The molecule has 0 heterocycles. The number of aliphatic hydroxyl groups is 1. The van der Waals surface area contributed by atoms with Gasteiger partial charge in [0, 0.05) is 11.9 Å². The van der Waals surface area contributed by atoms with Gasteiger partial charge in [-0.2, -0.15) is 11.8 Å². The maximum atomic E-state index is 10.5. The van der Waals surface area contributed by atoms with Gasteiger partial charge in [0.1, 0.15) is 0 Å². The number of ether oxygens (including phenoxy) is 1. The van der Waals surface area contributed by atoms with E-state index in [1.54, 1.807) is 0 Å². The molecular weight excluding hydrogens is 328 g/mol. The predicted molar refractivity (Wildman–Crippen MR) is 106 cm³/mol. The largest absolute Gasteiger partial charge is 0.393 e. The van der Waals surface area contributed by atoms with Crippen LogP contribution in [0.4, 0.5) is 0 Å². The third kappa shape index (κ3) is 2.66. The zero-order valence-corrected chi connectivity index (χ0v) is 17.5. The maximum absolute atomic E-state index is 10.5. The normalized spacial score (nSPS) is 53.6. The third-order valence-electron chi connectivity index (χ3n) is 9.40. The van der Waals surface area contributed by atoms with E-state index in [-0.39, 0.29) is 6.10 Å². The molecule has 0 bridgehead atoms. The lowest BCUT2D eigenvalue weighted by molar-refractivity contribution is -0.111. The highest BCUT2D eigenvalue weighted by Crippen LogP contribution is 2.67. The van der Waals surface area contributed by atoms with Crippen LogP contribution in [0.2, 0.25) is 0 Å². The van der Waals surface area contributed by atoms with Crippen molar-refractivity contribution in [1.82, 2.24) is 0 Å². The zero-order chi connectivity index (χ0) is 17.8. The second-order valence-electron chi connectivity index (χ2n) is 9.91. The van der Waals surface area contributed by atoms with Crippen molar-refractivity contribution >= 4 is 11.8 Å². The first kappa shape index (κ1) is 18.6. The van der Waals surface area contributed by atoms with E-state index < -0.39 is 0 Å². The van der Waals surface area contributed by atoms with Crippen LogP contribution in [0.25, 0.3) is 0 Å². The van der Waals surface area contributed by atoms with E-state index in [1.807, 2.05) is 14.0 Å². The molecule has 1 N–H and O–H groups in total. The van der Waals surface area contributed by atoms with Crippen molar-refractivity contribution in [2.45, 2.75) is 88.6 Å². The molecule has 25 heavy (non-hydrogen) atoms. The van der Waals surface area contributed by atoms with E-state index in [2.05, 4.69) is 24.9 Å². The van der Waals surface area contributed by atoms with E-state index >= 15 is 0 Å². The van der Waals surface area contributed by atoms with E-state index in [0.29, 0.717) is 22.2 Å². The Morgan fingerprint density at radius 2 is 1.84 bits per heavy atom. The predicted octanol–water partition coefficient (Wildman–Crippen LogP) is 5.14. The maximum Gasteiger partial charge on any atom is 0.0574 e. The van der Waals surface area contributed by atoms with Gasteiger partial charge in [0.2, 0.25) is 0 Å². The van der Waals surface area contributed by atoms with E-state index in [4.69, 9.17) is 4.74 Å². The summed E-state index contributed by atoms with van der Waals surface area (Å²) < 4.78 is 6.10. The third-order valence-corrected chi connectivity index (χ3v) is 11.0. The van der Waals surface area contributed by atoms with E-state index in [9.17, 15) is 5.11 Å². The van der Waals surface area contributed by atoms with Gasteiger partial charge in [0.05, 0.1) is 12.2 Å². The molecule has 2 nitrogen and oxygen atoms in total. The molecule has 0 aromatic heterocycles. The van der Waals surface area contributed by atoms with Crippen LogP contribution in [-0.4, -0.2) is 35.4 Å². The average molecular weight is 367 g/mol. The lowest BCUT2D eigenvalue weighted by Gasteiger charge is -2.61. The number of thioether (sulfide) groups is 1. The molecule has 0 aliphatic heterocycles. The Kier molecular flexibility index (Phi) is 5.00. The molecule has 0 spiro atoms. The molecule has 3 heteroatoms. The Morgan fingerprint density at radius 3 is 2.52 bits per heavy atom. The number of fused-ring (bicyclic) bond motifs is 5. The highest BCUT2D eigenvalue weighted by atomic mass is 32.2. The van der Waals surface area contributed by atoms with Crippen LogP contribution in [-0.2, 0) is 4.74 Å².